The quantitative estimate of drug-likeness (QED) is 0.433. The van der Waals surface area contributed by atoms with Crippen LogP contribution < -0.4 is 0 Å². The second-order valence-electron chi connectivity index (χ2n) is 7.51. The van der Waals surface area contributed by atoms with Crippen LogP contribution in [-0.4, -0.2) is 37.1 Å². The molecule has 8 heteroatoms. The average Bonchev–Trinajstić information content (AvgIpc) is 3.51. The predicted octanol–water partition coefficient (Wildman–Crippen LogP) is 5.06. The van der Waals surface area contributed by atoms with Gasteiger partial charge in [0.05, 0.1) is 23.9 Å². The molecule has 168 valence electrons. The number of hydrogen-bond donors (Lipinski definition) is 0. The molecule has 2 aliphatic heterocycles. The van der Waals surface area contributed by atoms with E-state index in [0.29, 0.717) is 23.9 Å². The van der Waals surface area contributed by atoms with E-state index in [1.54, 1.807) is 0 Å². The molecule has 0 N–H and O–H groups in total. The molecule has 2 fully saturated rings. The molecule has 4 rings (SSSR count). The van der Waals surface area contributed by atoms with E-state index in [1.807, 2.05) is 51.4 Å². The number of nitrogens with zero attached hydrogens (tertiary/aromatic N) is 2. The molecular formula is C22H28Cl2FeN2O2Pd+2. The number of hydrogen-bond acceptors (Lipinski definition) is 4. The fourth-order valence-electron chi connectivity index (χ4n) is 2.81. The second-order valence-corrected chi connectivity index (χ2v) is 9.87. The summed E-state index contributed by atoms with van der Waals surface area (Å²) in [5, 5.41) is 0. The van der Waals surface area contributed by atoms with Gasteiger partial charge in [-0.15, -0.1) is 0 Å². The van der Waals surface area contributed by atoms with Crippen molar-refractivity contribution in [2.75, 3.05) is 13.2 Å². The number of rotatable bonds is 4. The molecule has 4 nitrogen and oxygen atoms in total. The molecule has 4 aliphatic rings. The first kappa shape index (κ1) is 28.7. The van der Waals surface area contributed by atoms with Crippen LogP contribution in [-0.2, 0) is 42.5 Å². The van der Waals surface area contributed by atoms with Gasteiger partial charge in [-0.25, -0.2) is 9.98 Å². The average molecular weight is 586 g/mol. The van der Waals surface area contributed by atoms with E-state index in [4.69, 9.17) is 28.5 Å². The molecule has 0 aromatic carbocycles. The minimum atomic E-state index is -0.106. The van der Waals surface area contributed by atoms with Gasteiger partial charge in [0.15, 0.2) is 11.8 Å². The van der Waals surface area contributed by atoms with Crippen LogP contribution in [0.5, 0.6) is 0 Å². The van der Waals surface area contributed by atoms with Crippen LogP contribution in [0, 0.1) is 75.0 Å². The summed E-state index contributed by atoms with van der Waals surface area (Å²) in [5.41, 5.74) is 0. The largest absolute Gasteiger partial charge is 2.00 e. The van der Waals surface area contributed by atoms with Crippen molar-refractivity contribution in [3.63, 3.8) is 0 Å². The van der Waals surface area contributed by atoms with Crippen molar-refractivity contribution in [2.24, 2.45) is 21.8 Å². The molecule has 10 radical (unpaired) electrons. The summed E-state index contributed by atoms with van der Waals surface area (Å²) >= 11 is -0.106. The third-order valence-electron chi connectivity index (χ3n) is 4.71. The molecule has 0 unspecified atom stereocenters. The maximum absolute atomic E-state index is 5.52. The predicted molar refractivity (Wildman–Crippen MR) is 117 cm³/mol. The molecule has 2 heterocycles. The van der Waals surface area contributed by atoms with E-state index < -0.39 is 0 Å². The van der Waals surface area contributed by atoms with Gasteiger partial charge in [-0.05, 0) is 63.2 Å². The summed E-state index contributed by atoms with van der Waals surface area (Å²) in [4.78, 5) is 9.05. The molecule has 0 spiro atoms. The van der Waals surface area contributed by atoms with Gasteiger partial charge in [0.25, 0.3) is 0 Å². The zero-order valence-electron chi connectivity index (χ0n) is 17.5. The van der Waals surface area contributed by atoms with Crippen LogP contribution in [0.4, 0.5) is 0 Å². The van der Waals surface area contributed by atoms with E-state index in [1.165, 1.54) is 0 Å². The first-order valence-corrected chi connectivity index (χ1v) is 13.6. The van der Waals surface area contributed by atoms with Gasteiger partial charge in [-0.3, -0.25) is 0 Å². The Labute approximate surface area is 210 Å². The number of aliphatic imine (C=N–C) groups is 2. The number of halogens is 2. The van der Waals surface area contributed by atoms with Gasteiger partial charge in [0, 0.05) is 0 Å². The van der Waals surface area contributed by atoms with Crippen molar-refractivity contribution in [1.82, 2.24) is 0 Å². The fraction of sp³-hybridized carbons (Fsp3) is 0.455. The SMILES string of the molecule is CC(C)[C@H]1COC([C]2[CH][CH][CH][CH]2)=N1.CC(C)[C@H]1COC([C]2[CH][CH][CH][CH]2)=N1.[Cl][Pd][Cl].[Fe+2]. The van der Waals surface area contributed by atoms with Gasteiger partial charge < -0.3 is 9.47 Å². The second kappa shape index (κ2) is 15.5. The minimum absolute atomic E-state index is 0. The number of ether oxygens (including phenoxy) is 2. The van der Waals surface area contributed by atoms with Crippen LogP contribution in [0.2, 0.25) is 0 Å². The Morgan fingerprint density at radius 1 is 0.767 bits per heavy atom. The van der Waals surface area contributed by atoms with Gasteiger partial charge in [0.1, 0.15) is 13.2 Å². The zero-order valence-corrected chi connectivity index (χ0v) is 21.6. The Bertz CT molecular complexity index is 491. The summed E-state index contributed by atoms with van der Waals surface area (Å²) in [5.74, 6) is 4.94. The van der Waals surface area contributed by atoms with Gasteiger partial charge in [0.2, 0.25) is 0 Å². The van der Waals surface area contributed by atoms with E-state index in [-0.39, 0.29) is 33.0 Å². The molecule has 2 saturated carbocycles. The van der Waals surface area contributed by atoms with Crippen LogP contribution in [0.25, 0.3) is 0 Å². The first-order chi connectivity index (χ1) is 14.0. The molecule has 30 heavy (non-hydrogen) atoms. The molecule has 0 bridgehead atoms. The molecule has 2 aliphatic carbocycles. The van der Waals surface area contributed by atoms with Crippen molar-refractivity contribution in [3.05, 3.63) is 63.2 Å². The first-order valence-electron chi connectivity index (χ1n) is 9.64. The fourth-order valence-corrected chi connectivity index (χ4v) is 2.81. The van der Waals surface area contributed by atoms with Crippen LogP contribution in [0.1, 0.15) is 27.7 Å². The standard InChI is InChI=1S/2C11H14NO.2ClH.Fe.Pd/c2*1-8(2)10-7-13-11(12-10)9-5-3-4-6-9;;;;/h2*3-6,8,10H,7H2,1-2H3;2*1H;;/q;;;;2*+2/p-2/t2*10-;;;;/m11..../s1. The van der Waals surface area contributed by atoms with Crippen LogP contribution in [0.15, 0.2) is 9.98 Å². The molecule has 0 amide bonds. The Morgan fingerprint density at radius 2 is 1.07 bits per heavy atom. The van der Waals surface area contributed by atoms with Crippen LogP contribution in [0.3, 0.4) is 0 Å². The molecule has 0 aromatic rings. The zero-order chi connectivity index (χ0) is 21.2. The molecule has 2 atom stereocenters. The minimum Gasteiger partial charge on any atom is 2.00 e. The summed E-state index contributed by atoms with van der Waals surface area (Å²) in [7, 11) is 9.63. The van der Waals surface area contributed by atoms with Crippen molar-refractivity contribution in [3.8, 4) is 0 Å². The van der Waals surface area contributed by atoms with Crippen molar-refractivity contribution < 1.29 is 42.5 Å². The molecule has 0 saturated heterocycles. The monoisotopic (exact) mass is 584 g/mol. The maximum atomic E-state index is 5.52. The van der Waals surface area contributed by atoms with E-state index in [9.17, 15) is 0 Å². The molecular weight excluding hydrogens is 557 g/mol. The van der Waals surface area contributed by atoms with Gasteiger partial charge in [-0.2, -0.15) is 0 Å². The Hall–Kier alpha value is 0.702. The normalized spacial score (nSPS) is 26.3. The van der Waals surface area contributed by atoms with Crippen molar-refractivity contribution in [2.45, 2.75) is 39.8 Å². The summed E-state index contributed by atoms with van der Waals surface area (Å²) in [6.07, 6.45) is 16.1. The Kier molecular flexibility index (Phi) is 14.9. The Morgan fingerprint density at radius 3 is 1.30 bits per heavy atom. The topological polar surface area (TPSA) is 43.2 Å². The van der Waals surface area contributed by atoms with Crippen molar-refractivity contribution in [1.29, 1.82) is 0 Å². The van der Waals surface area contributed by atoms with E-state index in [2.05, 4.69) is 37.7 Å². The summed E-state index contributed by atoms with van der Waals surface area (Å²) < 4.78 is 11.0. The van der Waals surface area contributed by atoms with Gasteiger partial charge in [-0.1, -0.05) is 27.7 Å². The molecule has 0 aromatic heterocycles. The third kappa shape index (κ3) is 9.29. The summed E-state index contributed by atoms with van der Waals surface area (Å²) in [6.45, 7) is 10.2. The maximum Gasteiger partial charge on any atom is 2.00 e. The Balaban J connectivity index is 0.000000258. The van der Waals surface area contributed by atoms with Crippen LogP contribution >= 0.6 is 19.1 Å². The smallest absolute Gasteiger partial charge is 2.00 e. The van der Waals surface area contributed by atoms with Crippen molar-refractivity contribution >= 4 is 30.9 Å². The summed E-state index contributed by atoms with van der Waals surface area (Å²) in [6, 6.07) is 0.676. The van der Waals surface area contributed by atoms with E-state index >= 15 is 0 Å². The third-order valence-corrected chi connectivity index (χ3v) is 4.71. The van der Waals surface area contributed by atoms with E-state index in [0.717, 1.165) is 36.8 Å². The van der Waals surface area contributed by atoms with Gasteiger partial charge >= 0.3 is 52.1 Å².